The number of hydroxylamine groups is 2. The number of oxazole rings is 1. The summed E-state index contributed by atoms with van der Waals surface area (Å²) in [5.74, 6) is 1.43. The third kappa shape index (κ3) is 4.47. The summed E-state index contributed by atoms with van der Waals surface area (Å²) in [7, 11) is 5.75. The number of esters is 1. The van der Waals surface area contributed by atoms with Crippen molar-refractivity contribution >= 4 is 12.0 Å². The maximum atomic E-state index is 13.2. The predicted octanol–water partition coefficient (Wildman–Crippen LogP) is 3.97. The van der Waals surface area contributed by atoms with E-state index in [1.165, 1.54) is 19.1 Å². The number of methoxy groups -OCH3 is 3. The van der Waals surface area contributed by atoms with Gasteiger partial charge in [0.1, 0.15) is 22.6 Å². The topological polar surface area (TPSA) is 115 Å². The zero-order chi connectivity index (χ0) is 25.9. The van der Waals surface area contributed by atoms with Crippen molar-refractivity contribution in [2.45, 2.75) is 18.3 Å². The van der Waals surface area contributed by atoms with E-state index in [4.69, 9.17) is 23.6 Å². The van der Waals surface area contributed by atoms with Crippen LogP contribution in [0.2, 0.25) is 0 Å². The van der Waals surface area contributed by atoms with Crippen molar-refractivity contribution in [3.8, 4) is 34.1 Å². The number of urea groups is 1. The Morgan fingerprint density at radius 3 is 2.28 bits per heavy atom. The van der Waals surface area contributed by atoms with E-state index in [1.807, 2.05) is 48.5 Å². The zero-order valence-corrected chi connectivity index (χ0v) is 20.7. The molecule has 1 aromatic heterocycles. The Hall–Kier alpha value is -4.05. The van der Waals surface area contributed by atoms with E-state index in [-0.39, 0.29) is 31.8 Å². The zero-order valence-electron chi connectivity index (χ0n) is 20.7. The van der Waals surface area contributed by atoms with Crippen LogP contribution in [-0.2, 0) is 14.9 Å². The molecule has 1 aliphatic rings. The maximum Gasteiger partial charge on any atom is 0.343 e. The summed E-state index contributed by atoms with van der Waals surface area (Å²) in [4.78, 5) is 31.7. The molecule has 0 bridgehead atoms. The molecule has 2 amide bonds. The van der Waals surface area contributed by atoms with E-state index in [2.05, 4.69) is 0 Å². The highest BCUT2D eigenvalue weighted by molar-refractivity contribution is 5.85. The number of hydrogen-bond donors (Lipinski definition) is 1. The lowest BCUT2D eigenvalue weighted by Crippen LogP contribution is -2.51. The first-order valence-electron chi connectivity index (χ1n) is 11.4. The molecule has 2 aromatic carbocycles. The van der Waals surface area contributed by atoms with Gasteiger partial charge in [-0.25, -0.2) is 14.8 Å². The fraction of sp³-hybridized carbons (Fsp3) is 0.346. The third-order valence-electron chi connectivity index (χ3n) is 6.49. The van der Waals surface area contributed by atoms with E-state index in [9.17, 15) is 14.8 Å². The Morgan fingerprint density at radius 1 is 1.03 bits per heavy atom. The summed E-state index contributed by atoms with van der Waals surface area (Å²) in [6.07, 6.45) is 0.431. The van der Waals surface area contributed by atoms with Crippen LogP contribution in [0.3, 0.4) is 0 Å². The molecule has 0 radical (unpaired) electrons. The summed E-state index contributed by atoms with van der Waals surface area (Å²) in [5.41, 5.74) is 0.774. The fourth-order valence-electron chi connectivity index (χ4n) is 4.47. The molecule has 0 aliphatic carbocycles. The lowest BCUT2D eigenvalue weighted by molar-refractivity contribution is -0.150. The molecule has 0 unspecified atom stereocenters. The molecule has 10 nitrogen and oxygen atoms in total. The molecule has 36 heavy (non-hydrogen) atoms. The summed E-state index contributed by atoms with van der Waals surface area (Å²) < 4.78 is 22.4. The SMILES string of the molecule is COC(=O)C1(c2nc(-c3ccc(OC)cc3)c(-c3ccccc3OC)o2)CCN(C(=O)N(C)O)CC1. The molecule has 0 spiro atoms. The largest absolute Gasteiger partial charge is 0.497 e. The molecule has 0 atom stereocenters. The summed E-state index contributed by atoms with van der Waals surface area (Å²) in [6, 6.07) is 14.2. The smallest absolute Gasteiger partial charge is 0.343 e. The Morgan fingerprint density at radius 2 is 1.69 bits per heavy atom. The molecule has 0 saturated carbocycles. The van der Waals surface area contributed by atoms with Gasteiger partial charge in [-0.3, -0.25) is 10.0 Å². The van der Waals surface area contributed by atoms with Crippen molar-refractivity contribution in [3.63, 3.8) is 0 Å². The van der Waals surface area contributed by atoms with Gasteiger partial charge in [0.25, 0.3) is 0 Å². The van der Waals surface area contributed by atoms with Gasteiger partial charge in [0.15, 0.2) is 5.76 Å². The van der Waals surface area contributed by atoms with Crippen LogP contribution in [0.4, 0.5) is 4.79 Å². The molecule has 1 fully saturated rings. The lowest BCUT2D eigenvalue weighted by atomic mass is 9.78. The van der Waals surface area contributed by atoms with Gasteiger partial charge >= 0.3 is 12.0 Å². The number of carbonyl (C=O) groups excluding carboxylic acids is 2. The highest BCUT2D eigenvalue weighted by atomic mass is 16.5. The van der Waals surface area contributed by atoms with Gasteiger partial charge in [0.05, 0.1) is 26.9 Å². The van der Waals surface area contributed by atoms with E-state index in [1.54, 1.807) is 14.2 Å². The van der Waals surface area contributed by atoms with Crippen LogP contribution in [0.1, 0.15) is 18.7 Å². The van der Waals surface area contributed by atoms with Gasteiger partial charge in [-0.1, -0.05) is 12.1 Å². The minimum Gasteiger partial charge on any atom is -0.497 e. The molecule has 1 aliphatic heterocycles. The van der Waals surface area contributed by atoms with Gasteiger partial charge in [-0.2, -0.15) is 0 Å². The second-order valence-corrected chi connectivity index (χ2v) is 8.49. The molecule has 1 N–H and O–H groups in total. The first kappa shape index (κ1) is 25.1. The van der Waals surface area contributed by atoms with Crippen molar-refractivity contribution in [2.75, 3.05) is 41.5 Å². The van der Waals surface area contributed by atoms with Gasteiger partial charge in [0, 0.05) is 25.7 Å². The average molecular weight is 496 g/mol. The first-order valence-corrected chi connectivity index (χ1v) is 11.4. The normalized spacial score (nSPS) is 14.8. The Bertz CT molecular complexity index is 1230. The minimum absolute atomic E-state index is 0.200. The number of likely N-dealkylation sites (tertiary alicyclic amines) is 1. The molecule has 3 aromatic rings. The number of rotatable bonds is 6. The number of para-hydroxylation sites is 1. The quantitative estimate of drug-likeness (QED) is 0.310. The van der Waals surface area contributed by atoms with E-state index in [0.29, 0.717) is 33.6 Å². The molecular weight excluding hydrogens is 466 g/mol. The highest BCUT2D eigenvalue weighted by Gasteiger charge is 2.49. The number of aromatic nitrogens is 1. The summed E-state index contributed by atoms with van der Waals surface area (Å²) in [6.45, 7) is 0.423. The molecule has 10 heteroatoms. The summed E-state index contributed by atoms with van der Waals surface area (Å²) in [5, 5.41) is 10.1. The Balaban J connectivity index is 1.84. The third-order valence-corrected chi connectivity index (χ3v) is 6.49. The number of carbonyl (C=O) groups is 2. The number of ether oxygens (including phenoxy) is 3. The highest BCUT2D eigenvalue weighted by Crippen LogP contribution is 2.44. The van der Waals surface area contributed by atoms with Gasteiger partial charge in [-0.15, -0.1) is 0 Å². The number of piperidine rings is 1. The predicted molar refractivity (Wildman–Crippen MR) is 130 cm³/mol. The van der Waals surface area contributed by atoms with Crippen LogP contribution < -0.4 is 9.47 Å². The number of hydrogen-bond acceptors (Lipinski definition) is 8. The van der Waals surface area contributed by atoms with E-state index >= 15 is 0 Å². The molecule has 2 heterocycles. The monoisotopic (exact) mass is 495 g/mol. The first-order chi connectivity index (χ1) is 17.3. The van der Waals surface area contributed by atoms with Crippen LogP contribution in [0, 0.1) is 0 Å². The molecule has 190 valence electrons. The van der Waals surface area contributed by atoms with Crippen molar-refractivity contribution in [3.05, 3.63) is 54.4 Å². The average Bonchev–Trinajstić information content (AvgIpc) is 3.38. The second-order valence-electron chi connectivity index (χ2n) is 8.49. The fourth-order valence-corrected chi connectivity index (χ4v) is 4.47. The van der Waals surface area contributed by atoms with Gasteiger partial charge in [0.2, 0.25) is 5.89 Å². The summed E-state index contributed by atoms with van der Waals surface area (Å²) >= 11 is 0. The Kier molecular flexibility index (Phi) is 7.16. The molecular formula is C26H29N3O7. The number of benzene rings is 2. The lowest BCUT2D eigenvalue weighted by Gasteiger charge is -2.38. The van der Waals surface area contributed by atoms with E-state index < -0.39 is 17.4 Å². The molecule has 4 rings (SSSR count). The second kappa shape index (κ2) is 10.3. The minimum atomic E-state index is -1.21. The van der Waals surface area contributed by atoms with Crippen molar-refractivity contribution < 1.29 is 33.4 Å². The van der Waals surface area contributed by atoms with Crippen LogP contribution in [0.5, 0.6) is 11.5 Å². The van der Waals surface area contributed by atoms with Gasteiger partial charge < -0.3 is 23.5 Å². The van der Waals surface area contributed by atoms with Crippen molar-refractivity contribution in [1.82, 2.24) is 14.9 Å². The maximum absolute atomic E-state index is 13.2. The van der Waals surface area contributed by atoms with Crippen molar-refractivity contribution in [1.29, 1.82) is 0 Å². The van der Waals surface area contributed by atoms with E-state index in [0.717, 1.165) is 5.56 Å². The molecule has 1 saturated heterocycles. The standard InChI is InChI=1S/C26H29N3O7/c1-28(32)25(31)29-15-13-26(14-16-29,24(30)35-4)23-27-21(17-9-11-18(33-2)12-10-17)22(36-23)19-7-5-6-8-20(19)34-3/h5-12,32H,13-16H2,1-4H3. The van der Waals surface area contributed by atoms with Crippen LogP contribution in [0.15, 0.2) is 52.9 Å². The van der Waals surface area contributed by atoms with Gasteiger partial charge in [-0.05, 0) is 49.2 Å². The Labute approximate surface area is 208 Å². The van der Waals surface area contributed by atoms with Crippen LogP contribution in [0.25, 0.3) is 22.6 Å². The van der Waals surface area contributed by atoms with Crippen LogP contribution in [-0.4, -0.2) is 73.6 Å². The number of nitrogens with zero attached hydrogens (tertiary/aromatic N) is 3. The number of amides is 2. The van der Waals surface area contributed by atoms with Crippen LogP contribution >= 0.6 is 0 Å². The van der Waals surface area contributed by atoms with Crippen molar-refractivity contribution in [2.24, 2.45) is 0 Å².